The van der Waals surface area contributed by atoms with Gasteiger partial charge in [0.1, 0.15) is 0 Å². The second-order valence-corrected chi connectivity index (χ2v) is 7.14. The molecule has 1 aliphatic rings. The third-order valence-electron chi connectivity index (χ3n) is 4.93. The van der Waals surface area contributed by atoms with E-state index in [-0.39, 0.29) is 29.6 Å². The summed E-state index contributed by atoms with van der Waals surface area (Å²) in [5.74, 6) is -0.243. The van der Waals surface area contributed by atoms with Crippen LogP contribution in [0, 0.1) is 5.41 Å². The van der Waals surface area contributed by atoms with E-state index in [4.69, 9.17) is 0 Å². The third-order valence-corrected chi connectivity index (χ3v) is 4.93. The maximum atomic E-state index is 12.4. The van der Waals surface area contributed by atoms with Gasteiger partial charge in [0.25, 0.3) is 11.8 Å². The lowest BCUT2D eigenvalue weighted by molar-refractivity contribution is 0.0922. The van der Waals surface area contributed by atoms with Crippen LogP contribution in [0.3, 0.4) is 0 Å². The molecule has 6 heteroatoms. The zero-order valence-electron chi connectivity index (χ0n) is 15.5. The van der Waals surface area contributed by atoms with Gasteiger partial charge >= 0.3 is 0 Å². The molecule has 1 heterocycles. The van der Waals surface area contributed by atoms with E-state index in [9.17, 15) is 9.59 Å². The lowest BCUT2D eigenvalue weighted by Crippen LogP contribution is -2.42. The van der Waals surface area contributed by atoms with E-state index >= 15 is 0 Å². The zero-order valence-corrected chi connectivity index (χ0v) is 16.3. The molecule has 3 N–H and O–H groups in total. The molecule has 1 saturated heterocycles. The van der Waals surface area contributed by atoms with Gasteiger partial charge in [-0.2, -0.15) is 0 Å². The number of halogens is 1. The highest BCUT2D eigenvalue weighted by Crippen LogP contribution is 2.26. The Morgan fingerprint density at radius 2 is 1.52 bits per heavy atom. The summed E-state index contributed by atoms with van der Waals surface area (Å²) in [5.41, 5.74) is 2.02. The molecule has 0 bridgehead atoms. The van der Waals surface area contributed by atoms with Gasteiger partial charge in [-0.3, -0.25) is 9.59 Å². The first kappa shape index (κ1) is 20.9. The third kappa shape index (κ3) is 5.81. The fourth-order valence-corrected chi connectivity index (χ4v) is 3.10. The number of piperidine rings is 1. The Morgan fingerprint density at radius 3 is 2.15 bits per heavy atom. The Hall–Kier alpha value is -2.37. The number of benzene rings is 2. The minimum atomic E-state index is -0.165. The predicted molar refractivity (Wildman–Crippen MR) is 111 cm³/mol. The van der Waals surface area contributed by atoms with Crippen molar-refractivity contribution in [1.29, 1.82) is 0 Å². The lowest BCUT2D eigenvalue weighted by atomic mass is 9.81. The number of carbonyl (C=O) groups is 2. The zero-order chi connectivity index (χ0) is 18.4. The van der Waals surface area contributed by atoms with E-state index in [1.165, 1.54) is 0 Å². The molecule has 0 unspecified atom stereocenters. The first-order valence-electron chi connectivity index (χ1n) is 9.01. The van der Waals surface area contributed by atoms with Gasteiger partial charge in [-0.1, -0.05) is 25.1 Å². The van der Waals surface area contributed by atoms with Crippen molar-refractivity contribution in [3.63, 3.8) is 0 Å². The van der Waals surface area contributed by atoms with Crippen molar-refractivity contribution in [2.75, 3.05) is 25.0 Å². The Labute approximate surface area is 166 Å². The summed E-state index contributed by atoms with van der Waals surface area (Å²) in [6, 6.07) is 16.0. The van der Waals surface area contributed by atoms with Crippen LogP contribution in [0.5, 0.6) is 0 Å². The molecule has 0 spiro atoms. The number of hydrogen-bond acceptors (Lipinski definition) is 3. The van der Waals surface area contributed by atoms with Gasteiger partial charge in [0.2, 0.25) is 0 Å². The van der Waals surface area contributed by atoms with Crippen molar-refractivity contribution in [3.8, 4) is 0 Å². The maximum Gasteiger partial charge on any atom is 0.255 e. The van der Waals surface area contributed by atoms with Gasteiger partial charge in [-0.15, -0.1) is 12.4 Å². The Kier molecular flexibility index (Phi) is 7.39. The first-order valence-corrected chi connectivity index (χ1v) is 9.01. The molecule has 0 aliphatic carbocycles. The van der Waals surface area contributed by atoms with Crippen LogP contribution in [0.15, 0.2) is 54.6 Å². The average Bonchev–Trinajstić information content (AvgIpc) is 2.68. The molecule has 144 valence electrons. The summed E-state index contributed by atoms with van der Waals surface area (Å²) in [4.78, 5) is 24.5. The highest BCUT2D eigenvalue weighted by molar-refractivity contribution is 6.04. The summed E-state index contributed by atoms with van der Waals surface area (Å²) >= 11 is 0. The molecular formula is C21H26ClN3O2. The van der Waals surface area contributed by atoms with Crippen molar-refractivity contribution in [3.05, 3.63) is 65.7 Å². The van der Waals surface area contributed by atoms with Crippen LogP contribution in [0.1, 0.15) is 40.5 Å². The fraction of sp³-hybridized carbons (Fsp3) is 0.333. The van der Waals surface area contributed by atoms with E-state index in [2.05, 4.69) is 22.9 Å². The first-order chi connectivity index (χ1) is 12.6. The predicted octanol–water partition coefficient (Wildman–Crippen LogP) is 3.48. The quantitative estimate of drug-likeness (QED) is 0.735. The Balaban J connectivity index is 0.00000261. The van der Waals surface area contributed by atoms with Crippen LogP contribution in [-0.2, 0) is 0 Å². The van der Waals surface area contributed by atoms with Crippen molar-refractivity contribution in [1.82, 2.24) is 10.6 Å². The van der Waals surface area contributed by atoms with Gasteiger partial charge < -0.3 is 16.0 Å². The smallest absolute Gasteiger partial charge is 0.255 e. The molecule has 27 heavy (non-hydrogen) atoms. The average molecular weight is 388 g/mol. The minimum absolute atomic E-state index is 0. The molecule has 2 aromatic carbocycles. The number of amides is 2. The SMILES string of the molecule is CC1(CNC(=O)c2ccc(NC(=O)c3ccccc3)cc2)CCNCC1.Cl. The van der Waals surface area contributed by atoms with Crippen LogP contribution in [0.4, 0.5) is 5.69 Å². The van der Waals surface area contributed by atoms with Crippen molar-refractivity contribution in [2.24, 2.45) is 5.41 Å². The molecule has 3 rings (SSSR count). The minimum Gasteiger partial charge on any atom is -0.351 e. The summed E-state index contributed by atoms with van der Waals surface area (Å²) in [6.45, 7) is 4.90. The Morgan fingerprint density at radius 1 is 0.926 bits per heavy atom. The second kappa shape index (κ2) is 9.53. The van der Waals surface area contributed by atoms with Crippen LogP contribution >= 0.6 is 12.4 Å². The van der Waals surface area contributed by atoms with E-state index in [1.807, 2.05) is 18.2 Å². The monoisotopic (exact) mass is 387 g/mol. The van der Waals surface area contributed by atoms with Gasteiger partial charge in [0.15, 0.2) is 0 Å². The van der Waals surface area contributed by atoms with E-state index in [0.29, 0.717) is 23.4 Å². The summed E-state index contributed by atoms with van der Waals surface area (Å²) in [7, 11) is 0. The van der Waals surface area contributed by atoms with Crippen molar-refractivity contribution in [2.45, 2.75) is 19.8 Å². The normalized spacial score (nSPS) is 15.3. The van der Waals surface area contributed by atoms with Gasteiger partial charge in [0, 0.05) is 23.4 Å². The topological polar surface area (TPSA) is 70.2 Å². The second-order valence-electron chi connectivity index (χ2n) is 7.14. The molecule has 0 aromatic heterocycles. The lowest BCUT2D eigenvalue weighted by Gasteiger charge is -2.34. The van der Waals surface area contributed by atoms with E-state index < -0.39 is 0 Å². The maximum absolute atomic E-state index is 12.4. The van der Waals surface area contributed by atoms with Crippen LogP contribution in [0.2, 0.25) is 0 Å². The number of nitrogens with one attached hydrogen (secondary N) is 3. The Bertz CT molecular complexity index is 757. The molecule has 5 nitrogen and oxygen atoms in total. The highest BCUT2D eigenvalue weighted by atomic mass is 35.5. The van der Waals surface area contributed by atoms with E-state index in [0.717, 1.165) is 25.9 Å². The van der Waals surface area contributed by atoms with Crippen molar-refractivity contribution >= 4 is 29.9 Å². The van der Waals surface area contributed by atoms with E-state index in [1.54, 1.807) is 36.4 Å². The molecule has 1 aliphatic heterocycles. The molecule has 2 aromatic rings. The van der Waals surface area contributed by atoms with Crippen molar-refractivity contribution < 1.29 is 9.59 Å². The standard InChI is InChI=1S/C21H25N3O2.ClH/c1-21(11-13-22-14-12-21)15-23-19(25)17-7-9-18(10-8-17)24-20(26)16-5-3-2-4-6-16;/h2-10,22H,11-15H2,1H3,(H,23,25)(H,24,26);1H. The fourth-order valence-electron chi connectivity index (χ4n) is 3.10. The molecule has 0 atom stereocenters. The number of anilines is 1. The van der Waals surface area contributed by atoms with Crippen LogP contribution in [-0.4, -0.2) is 31.4 Å². The molecule has 0 radical (unpaired) electrons. The molecule has 0 saturated carbocycles. The number of hydrogen-bond donors (Lipinski definition) is 3. The van der Waals surface area contributed by atoms with Gasteiger partial charge in [-0.05, 0) is 67.7 Å². The number of carbonyl (C=O) groups excluding carboxylic acids is 2. The molecular weight excluding hydrogens is 362 g/mol. The van der Waals surface area contributed by atoms with Gasteiger partial charge in [0.05, 0.1) is 0 Å². The molecule has 1 fully saturated rings. The summed E-state index contributed by atoms with van der Waals surface area (Å²) < 4.78 is 0. The summed E-state index contributed by atoms with van der Waals surface area (Å²) in [5, 5.41) is 9.22. The largest absolute Gasteiger partial charge is 0.351 e. The van der Waals surface area contributed by atoms with Gasteiger partial charge in [-0.25, -0.2) is 0 Å². The highest BCUT2D eigenvalue weighted by Gasteiger charge is 2.27. The van der Waals surface area contributed by atoms with Crippen LogP contribution in [0.25, 0.3) is 0 Å². The molecule has 2 amide bonds. The summed E-state index contributed by atoms with van der Waals surface area (Å²) in [6.07, 6.45) is 2.13. The number of rotatable bonds is 5. The van der Waals surface area contributed by atoms with Crippen LogP contribution < -0.4 is 16.0 Å².